The standard InChI is InChI=1S/C15H28N2O3.ClH/c1-4-7-12(15(19)20)16-10-14(18)17(3)13-9-6-5-8-11(13)2;/h11-13,16H,4-10H2,1-3H3,(H,19,20);1H. The highest BCUT2D eigenvalue weighted by Gasteiger charge is 2.28. The van der Waals surface area contributed by atoms with E-state index >= 15 is 0 Å². The molecule has 1 aliphatic carbocycles. The van der Waals surface area contributed by atoms with Crippen LogP contribution in [-0.2, 0) is 9.59 Å². The molecule has 1 amide bonds. The summed E-state index contributed by atoms with van der Waals surface area (Å²) in [5.74, 6) is -0.358. The quantitative estimate of drug-likeness (QED) is 0.755. The molecule has 1 aliphatic rings. The summed E-state index contributed by atoms with van der Waals surface area (Å²) in [4.78, 5) is 25.0. The molecule has 2 N–H and O–H groups in total. The maximum absolute atomic E-state index is 12.2. The number of nitrogens with zero attached hydrogens (tertiary/aromatic N) is 1. The Hall–Kier alpha value is -0.810. The van der Waals surface area contributed by atoms with Crippen molar-refractivity contribution in [1.29, 1.82) is 0 Å². The number of carboxylic acid groups (broad SMARTS) is 1. The van der Waals surface area contributed by atoms with E-state index in [9.17, 15) is 9.59 Å². The highest BCUT2D eigenvalue weighted by atomic mass is 35.5. The average Bonchev–Trinajstić information content (AvgIpc) is 2.42. The maximum Gasteiger partial charge on any atom is 0.320 e. The third-order valence-electron chi connectivity index (χ3n) is 4.33. The lowest BCUT2D eigenvalue weighted by molar-refractivity contribution is -0.140. The molecule has 0 aromatic heterocycles. The minimum absolute atomic E-state index is 0. The van der Waals surface area contributed by atoms with Crippen LogP contribution in [0.5, 0.6) is 0 Å². The van der Waals surface area contributed by atoms with Gasteiger partial charge in [-0.2, -0.15) is 0 Å². The van der Waals surface area contributed by atoms with E-state index in [0.29, 0.717) is 18.4 Å². The molecule has 0 aromatic rings. The fourth-order valence-corrected chi connectivity index (χ4v) is 2.99. The van der Waals surface area contributed by atoms with E-state index in [1.807, 2.05) is 18.9 Å². The van der Waals surface area contributed by atoms with Gasteiger partial charge in [0.25, 0.3) is 0 Å². The van der Waals surface area contributed by atoms with Gasteiger partial charge in [-0.15, -0.1) is 12.4 Å². The normalized spacial score (nSPS) is 23.0. The van der Waals surface area contributed by atoms with Gasteiger partial charge in [-0.1, -0.05) is 33.1 Å². The van der Waals surface area contributed by atoms with Crippen molar-refractivity contribution in [2.24, 2.45) is 5.92 Å². The van der Waals surface area contributed by atoms with Crippen LogP contribution >= 0.6 is 12.4 Å². The number of likely N-dealkylation sites (N-methyl/N-ethyl adjacent to an activating group) is 1. The van der Waals surface area contributed by atoms with Crippen molar-refractivity contribution in [1.82, 2.24) is 10.2 Å². The topological polar surface area (TPSA) is 69.6 Å². The summed E-state index contributed by atoms with van der Waals surface area (Å²) < 4.78 is 0. The Balaban J connectivity index is 0.00000400. The van der Waals surface area contributed by atoms with Gasteiger partial charge in [-0.25, -0.2) is 0 Å². The first-order chi connectivity index (χ1) is 9.47. The molecule has 0 bridgehead atoms. The molecule has 1 rings (SSSR count). The second-order valence-electron chi connectivity index (χ2n) is 5.89. The summed E-state index contributed by atoms with van der Waals surface area (Å²) in [7, 11) is 1.84. The molecule has 6 heteroatoms. The van der Waals surface area contributed by atoms with Crippen LogP contribution in [0.4, 0.5) is 0 Å². The van der Waals surface area contributed by atoms with Crippen LogP contribution in [0.1, 0.15) is 52.4 Å². The molecule has 3 atom stereocenters. The van der Waals surface area contributed by atoms with Gasteiger partial charge in [0.05, 0.1) is 6.54 Å². The zero-order valence-corrected chi connectivity index (χ0v) is 14.1. The predicted molar refractivity (Wildman–Crippen MR) is 85.8 cm³/mol. The minimum atomic E-state index is -0.881. The highest BCUT2D eigenvalue weighted by molar-refractivity contribution is 5.85. The zero-order valence-electron chi connectivity index (χ0n) is 13.3. The van der Waals surface area contributed by atoms with E-state index in [0.717, 1.165) is 12.8 Å². The third-order valence-corrected chi connectivity index (χ3v) is 4.33. The molecule has 0 saturated heterocycles. The van der Waals surface area contributed by atoms with Crippen LogP contribution in [0.25, 0.3) is 0 Å². The number of aliphatic carboxylic acids is 1. The molecular weight excluding hydrogens is 292 g/mol. The highest BCUT2D eigenvalue weighted by Crippen LogP contribution is 2.27. The summed E-state index contributed by atoms with van der Waals surface area (Å²) in [6, 6.07) is -0.325. The Kier molecular flexibility index (Phi) is 9.62. The van der Waals surface area contributed by atoms with Gasteiger partial charge in [0, 0.05) is 13.1 Å². The molecule has 21 heavy (non-hydrogen) atoms. The Morgan fingerprint density at radius 3 is 2.48 bits per heavy atom. The molecule has 0 aromatic carbocycles. The summed E-state index contributed by atoms with van der Waals surface area (Å²) in [5, 5.41) is 11.9. The number of amides is 1. The summed E-state index contributed by atoms with van der Waals surface area (Å²) in [5.41, 5.74) is 0. The number of rotatable bonds is 7. The molecule has 1 saturated carbocycles. The number of carbonyl (C=O) groups excluding carboxylic acids is 1. The smallest absolute Gasteiger partial charge is 0.320 e. The lowest BCUT2D eigenvalue weighted by Gasteiger charge is -2.36. The van der Waals surface area contributed by atoms with Crippen molar-refractivity contribution in [3.63, 3.8) is 0 Å². The number of carbonyl (C=O) groups is 2. The molecule has 0 heterocycles. The Bertz CT molecular complexity index is 339. The van der Waals surface area contributed by atoms with Gasteiger partial charge in [0.2, 0.25) is 5.91 Å². The second-order valence-corrected chi connectivity index (χ2v) is 5.89. The van der Waals surface area contributed by atoms with Crippen molar-refractivity contribution in [3.8, 4) is 0 Å². The minimum Gasteiger partial charge on any atom is -0.480 e. The van der Waals surface area contributed by atoms with Gasteiger partial charge in [-0.05, 0) is 25.2 Å². The van der Waals surface area contributed by atoms with E-state index in [2.05, 4.69) is 12.2 Å². The number of hydrogen-bond acceptors (Lipinski definition) is 3. The van der Waals surface area contributed by atoms with Gasteiger partial charge < -0.3 is 10.0 Å². The lowest BCUT2D eigenvalue weighted by atomic mass is 9.85. The summed E-state index contributed by atoms with van der Waals surface area (Å²) >= 11 is 0. The van der Waals surface area contributed by atoms with Crippen LogP contribution in [-0.4, -0.2) is 47.6 Å². The molecule has 5 nitrogen and oxygen atoms in total. The van der Waals surface area contributed by atoms with Gasteiger partial charge >= 0.3 is 5.97 Å². The monoisotopic (exact) mass is 320 g/mol. The Labute approximate surface area is 133 Å². The predicted octanol–water partition coefficient (Wildman–Crippen LogP) is 2.29. The Morgan fingerprint density at radius 2 is 1.95 bits per heavy atom. The van der Waals surface area contributed by atoms with Gasteiger partial charge in [0.15, 0.2) is 0 Å². The van der Waals surface area contributed by atoms with Crippen molar-refractivity contribution < 1.29 is 14.7 Å². The number of hydrogen-bond donors (Lipinski definition) is 2. The van der Waals surface area contributed by atoms with Crippen LogP contribution in [0.2, 0.25) is 0 Å². The molecule has 0 spiro atoms. The van der Waals surface area contributed by atoms with Crippen LogP contribution in [0.15, 0.2) is 0 Å². The van der Waals surface area contributed by atoms with E-state index in [4.69, 9.17) is 5.11 Å². The van der Waals surface area contributed by atoms with E-state index in [-0.39, 0.29) is 24.9 Å². The fraction of sp³-hybridized carbons (Fsp3) is 0.867. The zero-order chi connectivity index (χ0) is 15.1. The van der Waals surface area contributed by atoms with Crippen LogP contribution < -0.4 is 5.32 Å². The second kappa shape index (κ2) is 10.0. The Morgan fingerprint density at radius 1 is 1.33 bits per heavy atom. The molecule has 0 radical (unpaired) electrons. The molecule has 1 fully saturated rings. The van der Waals surface area contributed by atoms with Gasteiger partial charge in [0.1, 0.15) is 6.04 Å². The molecular formula is C15H29ClN2O3. The maximum atomic E-state index is 12.2. The first-order valence-electron chi connectivity index (χ1n) is 7.69. The average molecular weight is 321 g/mol. The molecule has 3 unspecified atom stereocenters. The number of carboxylic acids is 1. The van der Waals surface area contributed by atoms with E-state index in [1.165, 1.54) is 19.3 Å². The first kappa shape index (κ1) is 20.2. The van der Waals surface area contributed by atoms with Crippen molar-refractivity contribution in [2.75, 3.05) is 13.6 Å². The fourth-order valence-electron chi connectivity index (χ4n) is 2.99. The number of halogens is 1. The van der Waals surface area contributed by atoms with Crippen LogP contribution in [0.3, 0.4) is 0 Å². The van der Waals surface area contributed by atoms with Crippen LogP contribution in [0, 0.1) is 5.92 Å². The van der Waals surface area contributed by atoms with Crippen molar-refractivity contribution in [3.05, 3.63) is 0 Å². The van der Waals surface area contributed by atoms with Gasteiger partial charge in [-0.3, -0.25) is 14.9 Å². The lowest BCUT2D eigenvalue weighted by Crippen LogP contribution is -2.48. The SMILES string of the molecule is CCCC(NCC(=O)N(C)C1CCCCC1C)C(=O)O.Cl. The van der Waals surface area contributed by atoms with Crippen molar-refractivity contribution >= 4 is 24.3 Å². The summed E-state index contributed by atoms with van der Waals surface area (Å²) in [6.45, 7) is 4.24. The number of nitrogens with one attached hydrogen (secondary N) is 1. The first-order valence-corrected chi connectivity index (χ1v) is 7.69. The van der Waals surface area contributed by atoms with Crippen molar-refractivity contribution in [2.45, 2.75) is 64.5 Å². The third kappa shape index (κ3) is 6.22. The largest absolute Gasteiger partial charge is 0.480 e. The molecule has 124 valence electrons. The summed E-state index contributed by atoms with van der Waals surface area (Å²) in [6.07, 6.45) is 5.98. The van der Waals surface area contributed by atoms with E-state index < -0.39 is 12.0 Å². The molecule has 0 aliphatic heterocycles. The van der Waals surface area contributed by atoms with E-state index in [1.54, 1.807) is 0 Å².